The summed E-state index contributed by atoms with van der Waals surface area (Å²) in [5, 5.41) is 0.794. The molecule has 1 aromatic rings. The maximum atomic E-state index is 5.88. The molecule has 0 fully saturated rings. The molecule has 0 aliphatic rings. The van der Waals surface area contributed by atoms with Crippen molar-refractivity contribution in [3.8, 4) is 0 Å². The van der Waals surface area contributed by atoms with Gasteiger partial charge in [-0.05, 0) is 36.6 Å². The second-order valence-corrected chi connectivity index (χ2v) is 4.27. The minimum absolute atomic E-state index is 0.701. The Balaban J connectivity index is 2.31. The number of halogens is 1. The summed E-state index contributed by atoms with van der Waals surface area (Å²) in [7, 11) is 0. The first-order valence-electron chi connectivity index (χ1n) is 5.57. The van der Waals surface area contributed by atoms with Crippen molar-refractivity contribution < 1.29 is 4.74 Å². The lowest BCUT2D eigenvalue weighted by Gasteiger charge is -2.07. The van der Waals surface area contributed by atoms with E-state index in [2.05, 4.69) is 13.8 Å². The molecule has 0 spiro atoms. The van der Waals surface area contributed by atoms with E-state index in [-0.39, 0.29) is 0 Å². The maximum Gasteiger partial charge on any atom is 0.0719 e. The topological polar surface area (TPSA) is 9.23 Å². The van der Waals surface area contributed by atoms with E-state index in [4.69, 9.17) is 16.3 Å². The van der Waals surface area contributed by atoms with Gasteiger partial charge in [-0.1, -0.05) is 37.4 Å². The summed E-state index contributed by atoms with van der Waals surface area (Å²) >= 11 is 5.88. The average molecular weight is 227 g/mol. The molecule has 2 heteroatoms. The molecule has 0 N–H and O–H groups in total. The van der Waals surface area contributed by atoms with Gasteiger partial charge >= 0.3 is 0 Å². The highest BCUT2D eigenvalue weighted by Gasteiger charge is 1.99. The third kappa shape index (κ3) is 4.67. The van der Waals surface area contributed by atoms with Crippen molar-refractivity contribution >= 4 is 11.6 Å². The van der Waals surface area contributed by atoms with Gasteiger partial charge in [0.25, 0.3) is 0 Å². The number of ether oxygens (including phenoxy) is 1. The number of aryl methyl sites for hydroxylation is 1. The summed E-state index contributed by atoms with van der Waals surface area (Å²) in [6, 6.07) is 5.93. The molecule has 84 valence electrons. The van der Waals surface area contributed by atoms with E-state index in [0.29, 0.717) is 6.61 Å². The Morgan fingerprint density at radius 1 is 1.27 bits per heavy atom. The quantitative estimate of drug-likeness (QED) is 0.655. The van der Waals surface area contributed by atoms with Crippen molar-refractivity contribution in [2.75, 3.05) is 6.61 Å². The highest BCUT2D eigenvalue weighted by atomic mass is 35.5. The third-order valence-corrected chi connectivity index (χ3v) is 2.69. The minimum Gasteiger partial charge on any atom is -0.377 e. The number of hydrogen-bond donors (Lipinski definition) is 0. The van der Waals surface area contributed by atoms with Gasteiger partial charge in [0.15, 0.2) is 0 Å². The van der Waals surface area contributed by atoms with Crippen LogP contribution >= 0.6 is 11.6 Å². The van der Waals surface area contributed by atoms with E-state index in [1.54, 1.807) is 0 Å². The van der Waals surface area contributed by atoms with Crippen LogP contribution in [0.25, 0.3) is 0 Å². The predicted octanol–water partition coefficient (Wildman–Crippen LogP) is 4.36. The van der Waals surface area contributed by atoms with Crippen molar-refractivity contribution in [2.24, 2.45) is 0 Å². The lowest BCUT2D eigenvalue weighted by Crippen LogP contribution is -1.97. The minimum atomic E-state index is 0.701. The molecule has 0 aliphatic carbocycles. The van der Waals surface area contributed by atoms with Gasteiger partial charge in [0.1, 0.15) is 0 Å². The van der Waals surface area contributed by atoms with Crippen molar-refractivity contribution in [3.05, 3.63) is 34.3 Å². The highest BCUT2D eigenvalue weighted by molar-refractivity contribution is 6.30. The van der Waals surface area contributed by atoms with E-state index in [0.717, 1.165) is 18.1 Å². The molecule has 1 nitrogen and oxygen atoms in total. The van der Waals surface area contributed by atoms with Gasteiger partial charge in [-0.25, -0.2) is 0 Å². The molecular weight excluding hydrogens is 208 g/mol. The third-order valence-electron chi connectivity index (χ3n) is 2.45. The van der Waals surface area contributed by atoms with Crippen LogP contribution in [0.5, 0.6) is 0 Å². The Kier molecular flexibility index (Phi) is 5.74. The zero-order chi connectivity index (χ0) is 11.1. The highest BCUT2D eigenvalue weighted by Crippen LogP contribution is 2.15. The number of hydrogen-bond acceptors (Lipinski definition) is 1. The SMILES string of the molecule is CCCCCOCc1ccc(Cl)cc1C. The molecule has 0 amide bonds. The van der Waals surface area contributed by atoms with Crippen molar-refractivity contribution in [3.63, 3.8) is 0 Å². The van der Waals surface area contributed by atoms with E-state index in [1.807, 2.05) is 18.2 Å². The van der Waals surface area contributed by atoms with Crippen LogP contribution in [0.15, 0.2) is 18.2 Å². The summed E-state index contributed by atoms with van der Waals surface area (Å²) in [6.07, 6.45) is 3.64. The van der Waals surface area contributed by atoms with Crippen LogP contribution in [-0.2, 0) is 11.3 Å². The van der Waals surface area contributed by atoms with Gasteiger partial charge in [0.05, 0.1) is 6.61 Å². The Morgan fingerprint density at radius 3 is 2.73 bits per heavy atom. The lowest BCUT2D eigenvalue weighted by molar-refractivity contribution is 0.116. The zero-order valence-corrected chi connectivity index (χ0v) is 10.3. The van der Waals surface area contributed by atoms with E-state index in [1.165, 1.54) is 24.0 Å². The molecule has 0 heterocycles. The molecule has 0 unspecified atom stereocenters. The molecule has 0 aromatic heterocycles. The van der Waals surface area contributed by atoms with Gasteiger partial charge in [-0.2, -0.15) is 0 Å². The van der Waals surface area contributed by atoms with Gasteiger partial charge in [-0.15, -0.1) is 0 Å². The molecule has 1 rings (SSSR count). The van der Waals surface area contributed by atoms with Crippen LogP contribution in [0.3, 0.4) is 0 Å². The molecule has 0 bridgehead atoms. The summed E-state index contributed by atoms with van der Waals surface area (Å²) in [6.45, 7) is 5.82. The molecule has 0 atom stereocenters. The first-order valence-corrected chi connectivity index (χ1v) is 5.94. The first kappa shape index (κ1) is 12.5. The first-order chi connectivity index (χ1) is 7.24. The van der Waals surface area contributed by atoms with Crippen LogP contribution < -0.4 is 0 Å². The monoisotopic (exact) mass is 226 g/mol. The summed E-state index contributed by atoms with van der Waals surface area (Å²) in [5.74, 6) is 0. The number of benzene rings is 1. The van der Waals surface area contributed by atoms with Crippen molar-refractivity contribution in [2.45, 2.75) is 39.7 Å². The smallest absolute Gasteiger partial charge is 0.0719 e. The summed E-state index contributed by atoms with van der Waals surface area (Å²) < 4.78 is 5.60. The van der Waals surface area contributed by atoms with Gasteiger partial charge in [0, 0.05) is 11.6 Å². The number of unbranched alkanes of at least 4 members (excludes halogenated alkanes) is 2. The van der Waals surface area contributed by atoms with Crippen LogP contribution in [0, 0.1) is 6.92 Å². The van der Waals surface area contributed by atoms with Crippen LogP contribution in [-0.4, -0.2) is 6.61 Å². The molecule has 0 aliphatic heterocycles. The van der Waals surface area contributed by atoms with Crippen LogP contribution in [0.1, 0.15) is 37.3 Å². The number of rotatable bonds is 6. The Morgan fingerprint density at radius 2 is 2.07 bits per heavy atom. The largest absolute Gasteiger partial charge is 0.377 e. The second kappa shape index (κ2) is 6.86. The maximum absolute atomic E-state index is 5.88. The van der Waals surface area contributed by atoms with E-state index >= 15 is 0 Å². The van der Waals surface area contributed by atoms with Gasteiger partial charge in [0.2, 0.25) is 0 Å². The van der Waals surface area contributed by atoms with Crippen LogP contribution in [0.4, 0.5) is 0 Å². The fourth-order valence-corrected chi connectivity index (χ4v) is 1.68. The fourth-order valence-electron chi connectivity index (χ4n) is 1.46. The molecule has 0 saturated carbocycles. The Labute approximate surface area is 97.4 Å². The van der Waals surface area contributed by atoms with Crippen LogP contribution in [0.2, 0.25) is 5.02 Å². The lowest BCUT2D eigenvalue weighted by atomic mass is 10.1. The Hall–Kier alpha value is -0.530. The second-order valence-electron chi connectivity index (χ2n) is 3.83. The predicted molar refractivity (Wildman–Crippen MR) is 65.4 cm³/mol. The average Bonchev–Trinajstić information content (AvgIpc) is 2.20. The fraction of sp³-hybridized carbons (Fsp3) is 0.538. The normalized spacial score (nSPS) is 10.6. The summed E-state index contributed by atoms with van der Waals surface area (Å²) in [4.78, 5) is 0. The molecule has 0 saturated heterocycles. The molecule has 0 radical (unpaired) electrons. The van der Waals surface area contributed by atoms with Gasteiger partial charge in [-0.3, -0.25) is 0 Å². The van der Waals surface area contributed by atoms with E-state index in [9.17, 15) is 0 Å². The summed E-state index contributed by atoms with van der Waals surface area (Å²) in [5.41, 5.74) is 2.44. The molecule has 15 heavy (non-hydrogen) atoms. The van der Waals surface area contributed by atoms with Gasteiger partial charge < -0.3 is 4.74 Å². The van der Waals surface area contributed by atoms with Crippen molar-refractivity contribution in [1.29, 1.82) is 0 Å². The molecule has 1 aromatic carbocycles. The van der Waals surface area contributed by atoms with E-state index < -0.39 is 0 Å². The van der Waals surface area contributed by atoms with Crippen molar-refractivity contribution in [1.82, 2.24) is 0 Å². The molecular formula is C13H19ClO. The Bertz CT molecular complexity index is 297. The standard InChI is InChI=1S/C13H19ClO/c1-3-4-5-8-15-10-12-6-7-13(14)9-11(12)2/h6-7,9H,3-5,8,10H2,1-2H3. The zero-order valence-electron chi connectivity index (χ0n) is 9.55.